The third-order valence-electron chi connectivity index (χ3n) is 4.39. The van der Waals surface area contributed by atoms with Crippen molar-refractivity contribution >= 4 is 17.2 Å². The van der Waals surface area contributed by atoms with Crippen molar-refractivity contribution in [2.45, 2.75) is 19.7 Å². The molecular formula is C22H20N4O2S. The standard InChI is InChI=1S/C22H20N4O2S/c27-22(19-5-7-21(8-6-19)28-13-20-14-29-16-25-20)24-11-17-1-3-18(4-2-17)12-26-10-9-23-15-26/h1-10,14-16H,11-13H2,(H,24,27). The van der Waals surface area contributed by atoms with Crippen molar-refractivity contribution in [2.75, 3.05) is 0 Å². The minimum Gasteiger partial charge on any atom is -0.487 e. The summed E-state index contributed by atoms with van der Waals surface area (Å²) in [6.07, 6.45) is 5.50. The number of ether oxygens (including phenoxy) is 1. The maximum absolute atomic E-state index is 12.4. The molecule has 0 bridgehead atoms. The summed E-state index contributed by atoms with van der Waals surface area (Å²) < 4.78 is 7.68. The summed E-state index contributed by atoms with van der Waals surface area (Å²) in [4.78, 5) is 20.6. The number of nitrogens with zero attached hydrogens (tertiary/aromatic N) is 3. The Hall–Kier alpha value is -3.45. The van der Waals surface area contributed by atoms with Crippen LogP contribution in [0.4, 0.5) is 0 Å². The quantitative estimate of drug-likeness (QED) is 0.484. The van der Waals surface area contributed by atoms with Crippen LogP contribution in [0, 0.1) is 0 Å². The highest BCUT2D eigenvalue weighted by molar-refractivity contribution is 7.07. The molecule has 0 unspecified atom stereocenters. The van der Waals surface area contributed by atoms with E-state index in [1.165, 1.54) is 16.9 Å². The Bertz CT molecular complexity index is 1030. The molecule has 0 spiro atoms. The van der Waals surface area contributed by atoms with Crippen LogP contribution in [0.1, 0.15) is 27.2 Å². The number of thiazole rings is 1. The number of imidazole rings is 1. The van der Waals surface area contributed by atoms with Gasteiger partial charge in [-0.2, -0.15) is 0 Å². The fraction of sp³-hybridized carbons (Fsp3) is 0.136. The lowest BCUT2D eigenvalue weighted by molar-refractivity contribution is 0.0951. The second-order valence-electron chi connectivity index (χ2n) is 6.53. The second kappa shape index (κ2) is 9.16. The predicted molar refractivity (Wildman–Crippen MR) is 112 cm³/mol. The third-order valence-corrected chi connectivity index (χ3v) is 5.02. The van der Waals surface area contributed by atoms with Crippen molar-refractivity contribution in [1.29, 1.82) is 0 Å². The average Bonchev–Trinajstić information content (AvgIpc) is 3.46. The maximum atomic E-state index is 12.4. The molecule has 0 aliphatic heterocycles. The topological polar surface area (TPSA) is 69.0 Å². The Kier molecular flexibility index (Phi) is 5.97. The monoisotopic (exact) mass is 404 g/mol. The number of nitrogens with one attached hydrogen (secondary N) is 1. The van der Waals surface area contributed by atoms with Gasteiger partial charge in [-0.3, -0.25) is 4.79 Å². The normalized spacial score (nSPS) is 10.6. The van der Waals surface area contributed by atoms with E-state index in [0.29, 0.717) is 24.5 Å². The van der Waals surface area contributed by atoms with Crippen LogP contribution >= 0.6 is 11.3 Å². The molecule has 0 saturated heterocycles. The Morgan fingerprint density at radius 2 is 1.86 bits per heavy atom. The largest absolute Gasteiger partial charge is 0.487 e. The van der Waals surface area contributed by atoms with Gasteiger partial charge in [0.2, 0.25) is 0 Å². The maximum Gasteiger partial charge on any atom is 0.251 e. The zero-order chi connectivity index (χ0) is 19.9. The lowest BCUT2D eigenvalue weighted by Gasteiger charge is -2.08. The van der Waals surface area contributed by atoms with Gasteiger partial charge in [0.25, 0.3) is 5.91 Å². The van der Waals surface area contributed by atoms with Gasteiger partial charge in [0.15, 0.2) is 0 Å². The zero-order valence-electron chi connectivity index (χ0n) is 15.7. The van der Waals surface area contributed by atoms with Crippen molar-refractivity contribution in [3.05, 3.63) is 101 Å². The first-order chi connectivity index (χ1) is 14.3. The minimum atomic E-state index is -0.112. The molecule has 4 rings (SSSR count). The van der Waals surface area contributed by atoms with E-state index < -0.39 is 0 Å². The van der Waals surface area contributed by atoms with E-state index in [0.717, 1.165) is 17.8 Å². The van der Waals surface area contributed by atoms with Gasteiger partial charge >= 0.3 is 0 Å². The van der Waals surface area contributed by atoms with E-state index in [9.17, 15) is 4.79 Å². The van der Waals surface area contributed by atoms with Gasteiger partial charge in [0.05, 0.1) is 17.5 Å². The minimum absolute atomic E-state index is 0.112. The highest BCUT2D eigenvalue weighted by Gasteiger charge is 2.06. The Morgan fingerprint density at radius 1 is 1.07 bits per heavy atom. The number of carbonyl (C=O) groups excluding carboxylic acids is 1. The smallest absolute Gasteiger partial charge is 0.251 e. The van der Waals surface area contributed by atoms with Crippen LogP contribution in [0.25, 0.3) is 0 Å². The van der Waals surface area contributed by atoms with Gasteiger partial charge in [0, 0.05) is 36.4 Å². The Labute approximate surface area is 172 Å². The number of hydrogen-bond acceptors (Lipinski definition) is 5. The highest BCUT2D eigenvalue weighted by Crippen LogP contribution is 2.15. The van der Waals surface area contributed by atoms with Crippen molar-refractivity contribution in [3.8, 4) is 5.75 Å². The zero-order valence-corrected chi connectivity index (χ0v) is 16.5. The number of rotatable bonds is 8. The molecule has 6 nitrogen and oxygen atoms in total. The van der Waals surface area contributed by atoms with Crippen LogP contribution < -0.4 is 10.1 Å². The van der Waals surface area contributed by atoms with E-state index in [2.05, 4.69) is 27.4 Å². The molecule has 1 N–H and O–H groups in total. The van der Waals surface area contributed by atoms with Gasteiger partial charge in [-0.15, -0.1) is 11.3 Å². The molecule has 1 amide bonds. The first kappa shape index (κ1) is 18.9. The first-order valence-corrected chi connectivity index (χ1v) is 10.1. The molecule has 0 atom stereocenters. The lowest BCUT2D eigenvalue weighted by Crippen LogP contribution is -2.22. The van der Waals surface area contributed by atoms with E-state index in [1.807, 2.05) is 28.3 Å². The van der Waals surface area contributed by atoms with Crippen LogP contribution in [0.2, 0.25) is 0 Å². The first-order valence-electron chi connectivity index (χ1n) is 9.18. The molecule has 146 valence electrons. The molecule has 2 aromatic carbocycles. The second-order valence-corrected chi connectivity index (χ2v) is 7.25. The summed E-state index contributed by atoms with van der Waals surface area (Å²) in [5.41, 5.74) is 5.51. The molecular weight excluding hydrogens is 384 g/mol. The lowest BCUT2D eigenvalue weighted by atomic mass is 10.1. The number of amides is 1. The Morgan fingerprint density at radius 3 is 2.55 bits per heavy atom. The van der Waals surface area contributed by atoms with Crippen molar-refractivity contribution in [1.82, 2.24) is 19.9 Å². The highest BCUT2D eigenvalue weighted by atomic mass is 32.1. The van der Waals surface area contributed by atoms with Crippen molar-refractivity contribution in [2.24, 2.45) is 0 Å². The molecule has 29 heavy (non-hydrogen) atoms. The molecule has 4 aromatic rings. The van der Waals surface area contributed by atoms with Crippen LogP contribution in [0.3, 0.4) is 0 Å². The Balaban J connectivity index is 1.26. The summed E-state index contributed by atoms with van der Waals surface area (Å²) in [7, 11) is 0. The van der Waals surface area contributed by atoms with Gasteiger partial charge in [-0.1, -0.05) is 24.3 Å². The van der Waals surface area contributed by atoms with Crippen LogP contribution in [-0.4, -0.2) is 20.4 Å². The number of aromatic nitrogens is 3. The van der Waals surface area contributed by atoms with Crippen LogP contribution in [0.15, 0.2) is 78.1 Å². The molecule has 0 fully saturated rings. The summed E-state index contributed by atoms with van der Waals surface area (Å²) in [5.74, 6) is 0.599. The van der Waals surface area contributed by atoms with E-state index in [4.69, 9.17) is 4.74 Å². The predicted octanol–water partition coefficient (Wildman–Crippen LogP) is 3.90. The van der Waals surface area contributed by atoms with Gasteiger partial charge in [-0.25, -0.2) is 9.97 Å². The average molecular weight is 404 g/mol. The summed E-state index contributed by atoms with van der Waals surface area (Å²) in [6.45, 7) is 1.68. The third kappa shape index (κ3) is 5.30. The summed E-state index contributed by atoms with van der Waals surface area (Å²) in [6, 6.07) is 15.3. The van der Waals surface area contributed by atoms with E-state index in [1.54, 1.807) is 42.3 Å². The van der Waals surface area contributed by atoms with Crippen molar-refractivity contribution in [3.63, 3.8) is 0 Å². The molecule has 2 heterocycles. The molecule has 0 saturated carbocycles. The van der Waals surface area contributed by atoms with Crippen LogP contribution in [0.5, 0.6) is 5.75 Å². The summed E-state index contributed by atoms with van der Waals surface area (Å²) >= 11 is 1.54. The van der Waals surface area contributed by atoms with Gasteiger partial charge in [-0.05, 0) is 35.4 Å². The van der Waals surface area contributed by atoms with Gasteiger partial charge in [0.1, 0.15) is 12.4 Å². The molecule has 7 heteroatoms. The van der Waals surface area contributed by atoms with E-state index >= 15 is 0 Å². The number of carbonyl (C=O) groups is 1. The van der Waals surface area contributed by atoms with E-state index in [-0.39, 0.29) is 5.91 Å². The van der Waals surface area contributed by atoms with Crippen molar-refractivity contribution < 1.29 is 9.53 Å². The fourth-order valence-corrected chi connectivity index (χ4v) is 3.35. The van der Waals surface area contributed by atoms with Crippen LogP contribution in [-0.2, 0) is 19.7 Å². The molecule has 0 aliphatic carbocycles. The van der Waals surface area contributed by atoms with Gasteiger partial charge < -0.3 is 14.6 Å². The fourth-order valence-electron chi connectivity index (χ4n) is 2.81. The molecule has 2 aromatic heterocycles. The molecule has 0 aliphatic rings. The number of benzene rings is 2. The SMILES string of the molecule is O=C(NCc1ccc(Cn2ccnc2)cc1)c1ccc(OCc2cscn2)cc1. The number of hydrogen-bond donors (Lipinski definition) is 1. The molecule has 0 radical (unpaired) electrons. The summed E-state index contributed by atoms with van der Waals surface area (Å²) in [5, 5.41) is 4.90.